The first-order valence-electron chi connectivity index (χ1n) is 8.58. The molecule has 146 valence electrons. The molecular formula is C19H18N2O5S2. The lowest BCUT2D eigenvalue weighted by Gasteiger charge is -2.21. The topological polar surface area (TPSA) is 85.7 Å². The molecule has 0 amide bonds. The summed E-state index contributed by atoms with van der Waals surface area (Å²) in [5, 5.41) is 1.97. The second-order valence-electron chi connectivity index (χ2n) is 6.36. The summed E-state index contributed by atoms with van der Waals surface area (Å²) in [5.41, 5.74) is 1.56. The van der Waals surface area contributed by atoms with E-state index in [4.69, 9.17) is 8.83 Å². The third-order valence-corrected chi connectivity index (χ3v) is 7.30. The number of nitrogens with zero attached hydrogens (tertiary/aromatic N) is 2. The van der Waals surface area contributed by atoms with Crippen LogP contribution in [0.1, 0.15) is 10.4 Å². The van der Waals surface area contributed by atoms with E-state index < -0.39 is 15.8 Å². The minimum Gasteiger partial charge on any atom is -0.472 e. The summed E-state index contributed by atoms with van der Waals surface area (Å²) >= 11 is 1.60. The fourth-order valence-corrected chi connectivity index (χ4v) is 5.12. The van der Waals surface area contributed by atoms with Crippen LogP contribution in [-0.4, -0.2) is 23.8 Å². The number of sulfonamides is 1. The maximum absolute atomic E-state index is 13.4. The molecule has 0 radical (unpaired) electrons. The molecule has 7 nitrogen and oxygen atoms in total. The van der Waals surface area contributed by atoms with Gasteiger partial charge in [0.1, 0.15) is 0 Å². The lowest BCUT2D eigenvalue weighted by atomic mass is 10.3. The number of thiophene rings is 1. The molecule has 0 spiro atoms. The van der Waals surface area contributed by atoms with Crippen LogP contribution in [0.3, 0.4) is 0 Å². The molecule has 0 atom stereocenters. The Morgan fingerprint density at radius 3 is 2.79 bits per heavy atom. The predicted octanol–water partition coefficient (Wildman–Crippen LogP) is 3.22. The van der Waals surface area contributed by atoms with E-state index in [2.05, 4.69) is 0 Å². The van der Waals surface area contributed by atoms with Crippen molar-refractivity contribution < 1.29 is 17.3 Å². The van der Waals surface area contributed by atoms with Gasteiger partial charge in [-0.05, 0) is 42.1 Å². The summed E-state index contributed by atoms with van der Waals surface area (Å²) in [6.45, 7) is 0.531. The number of oxazole rings is 1. The summed E-state index contributed by atoms with van der Waals surface area (Å²) in [6.07, 6.45) is 3.67. The van der Waals surface area contributed by atoms with Crippen LogP contribution in [0.25, 0.3) is 11.1 Å². The van der Waals surface area contributed by atoms with E-state index in [1.165, 1.54) is 39.6 Å². The van der Waals surface area contributed by atoms with Gasteiger partial charge in [0.25, 0.3) is 0 Å². The number of fused-ring (bicyclic) bond motifs is 1. The summed E-state index contributed by atoms with van der Waals surface area (Å²) in [5.74, 6) is -0.530. The fraction of sp³-hybridized carbons (Fsp3) is 0.211. The molecule has 4 aromatic rings. The van der Waals surface area contributed by atoms with Gasteiger partial charge in [-0.15, -0.1) is 11.3 Å². The molecule has 0 N–H and O–H groups in total. The van der Waals surface area contributed by atoms with Gasteiger partial charge in [-0.25, -0.2) is 13.2 Å². The first-order valence-corrected chi connectivity index (χ1v) is 10.9. The zero-order valence-electron chi connectivity index (χ0n) is 15.1. The molecular weight excluding hydrogens is 400 g/mol. The Labute approximate surface area is 165 Å². The zero-order valence-corrected chi connectivity index (χ0v) is 16.7. The molecule has 3 heterocycles. The summed E-state index contributed by atoms with van der Waals surface area (Å²) in [7, 11) is -2.24. The van der Waals surface area contributed by atoms with Gasteiger partial charge in [0.2, 0.25) is 10.0 Å². The van der Waals surface area contributed by atoms with Crippen molar-refractivity contribution in [1.29, 1.82) is 0 Å². The zero-order chi connectivity index (χ0) is 19.7. The van der Waals surface area contributed by atoms with Crippen LogP contribution in [-0.2, 0) is 30.0 Å². The standard InChI is InChI=1S/C19H18N2O5S2/c1-20-17-11-16(4-5-18(17)26-19(20)22)28(23,24)21(12-14-7-9-25-13-14)8-6-15-3-2-10-27-15/h2-5,7,9-11,13H,6,8,12H2,1H3. The average molecular weight is 418 g/mol. The van der Waals surface area contributed by atoms with E-state index in [0.717, 1.165) is 10.4 Å². The maximum atomic E-state index is 13.4. The summed E-state index contributed by atoms with van der Waals surface area (Å²) in [6, 6.07) is 10.1. The highest BCUT2D eigenvalue weighted by Crippen LogP contribution is 2.23. The van der Waals surface area contributed by atoms with Gasteiger partial charge in [-0.1, -0.05) is 6.07 Å². The summed E-state index contributed by atoms with van der Waals surface area (Å²) < 4.78 is 39.6. The lowest BCUT2D eigenvalue weighted by molar-refractivity contribution is 0.408. The molecule has 0 saturated carbocycles. The van der Waals surface area contributed by atoms with Crippen LogP contribution < -0.4 is 5.76 Å². The van der Waals surface area contributed by atoms with Crippen molar-refractivity contribution in [2.24, 2.45) is 7.05 Å². The molecule has 0 fully saturated rings. The number of hydrogen-bond donors (Lipinski definition) is 0. The predicted molar refractivity (Wildman–Crippen MR) is 106 cm³/mol. The van der Waals surface area contributed by atoms with E-state index >= 15 is 0 Å². The quantitative estimate of drug-likeness (QED) is 0.460. The second-order valence-corrected chi connectivity index (χ2v) is 9.33. The molecule has 0 unspecified atom stereocenters. The third kappa shape index (κ3) is 3.56. The van der Waals surface area contributed by atoms with Crippen LogP contribution in [0.5, 0.6) is 0 Å². The highest BCUT2D eigenvalue weighted by atomic mass is 32.2. The molecule has 3 aromatic heterocycles. The lowest BCUT2D eigenvalue weighted by Crippen LogP contribution is -2.32. The van der Waals surface area contributed by atoms with Crippen molar-refractivity contribution in [2.45, 2.75) is 17.9 Å². The van der Waals surface area contributed by atoms with E-state index in [9.17, 15) is 13.2 Å². The Hall–Kier alpha value is -2.62. The smallest absolute Gasteiger partial charge is 0.419 e. The van der Waals surface area contributed by atoms with Crippen molar-refractivity contribution in [2.75, 3.05) is 6.54 Å². The van der Waals surface area contributed by atoms with Crippen molar-refractivity contribution >= 4 is 32.5 Å². The van der Waals surface area contributed by atoms with Crippen LogP contribution in [0.2, 0.25) is 0 Å². The van der Waals surface area contributed by atoms with E-state index in [1.807, 2.05) is 17.5 Å². The monoisotopic (exact) mass is 418 g/mol. The van der Waals surface area contributed by atoms with Gasteiger partial charge in [-0.2, -0.15) is 4.31 Å². The molecule has 9 heteroatoms. The first kappa shape index (κ1) is 18.7. The Bertz CT molecular complexity index is 1240. The van der Waals surface area contributed by atoms with Crippen molar-refractivity contribution in [3.8, 4) is 0 Å². The van der Waals surface area contributed by atoms with Crippen LogP contribution in [0, 0.1) is 0 Å². The molecule has 0 aliphatic carbocycles. The van der Waals surface area contributed by atoms with Crippen molar-refractivity contribution in [1.82, 2.24) is 8.87 Å². The summed E-state index contributed by atoms with van der Waals surface area (Å²) in [4.78, 5) is 12.9. The number of aryl methyl sites for hydroxylation is 1. The number of furan rings is 1. The number of aromatic nitrogens is 1. The molecule has 4 rings (SSSR count). The third-order valence-electron chi connectivity index (χ3n) is 4.53. The maximum Gasteiger partial charge on any atom is 0.419 e. The van der Waals surface area contributed by atoms with Gasteiger partial charge in [0, 0.05) is 30.6 Å². The molecule has 0 aliphatic heterocycles. The van der Waals surface area contributed by atoms with E-state index in [1.54, 1.807) is 24.5 Å². The Kier molecular flexibility index (Phi) is 4.96. The van der Waals surface area contributed by atoms with Crippen LogP contribution in [0.15, 0.2) is 72.8 Å². The molecule has 0 aliphatic rings. The minimum absolute atomic E-state index is 0.117. The van der Waals surface area contributed by atoms with Gasteiger partial charge in [0.15, 0.2) is 5.58 Å². The number of rotatable bonds is 7. The van der Waals surface area contributed by atoms with Crippen molar-refractivity contribution in [3.63, 3.8) is 0 Å². The molecule has 28 heavy (non-hydrogen) atoms. The number of hydrogen-bond acceptors (Lipinski definition) is 6. The Balaban J connectivity index is 1.70. The van der Waals surface area contributed by atoms with Crippen molar-refractivity contribution in [3.05, 3.63) is 75.3 Å². The van der Waals surface area contributed by atoms with Gasteiger partial charge in [0.05, 0.1) is 22.9 Å². The Morgan fingerprint density at radius 1 is 1.21 bits per heavy atom. The molecule has 1 aromatic carbocycles. The number of benzene rings is 1. The normalized spacial score (nSPS) is 12.2. The molecule has 0 bridgehead atoms. The highest BCUT2D eigenvalue weighted by molar-refractivity contribution is 7.89. The fourth-order valence-electron chi connectivity index (χ4n) is 2.98. The van der Waals surface area contributed by atoms with E-state index in [0.29, 0.717) is 24.1 Å². The average Bonchev–Trinajstić information content (AvgIpc) is 3.42. The second kappa shape index (κ2) is 7.42. The van der Waals surface area contributed by atoms with Crippen LogP contribution >= 0.6 is 11.3 Å². The largest absolute Gasteiger partial charge is 0.472 e. The SMILES string of the molecule is Cn1c(=O)oc2ccc(S(=O)(=O)N(CCc3cccs3)Cc3ccoc3)cc21. The van der Waals surface area contributed by atoms with Gasteiger partial charge in [-0.3, -0.25) is 4.57 Å². The van der Waals surface area contributed by atoms with E-state index in [-0.39, 0.29) is 11.4 Å². The molecule has 0 saturated heterocycles. The minimum atomic E-state index is -3.79. The van der Waals surface area contributed by atoms with Crippen LogP contribution in [0.4, 0.5) is 0 Å². The highest BCUT2D eigenvalue weighted by Gasteiger charge is 2.26. The van der Waals surface area contributed by atoms with Gasteiger partial charge >= 0.3 is 5.76 Å². The van der Waals surface area contributed by atoms with Gasteiger partial charge < -0.3 is 8.83 Å². The first-order chi connectivity index (χ1) is 13.4. The Morgan fingerprint density at radius 2 is 2.07 bits per heavy atom.